The zero-order valence-electron chi connectivity index (χ0n) is 12.4. The largest absolute Gasteiger partial charge is 0.327 e. The van der Waals surface area contributed by atoms with Crippen molar-refractivity contribution in [1.29, 1.82) is 0 Å². The van der Waals surface area contributed by atoms with Gasteiger partial charge in [0.25, 0.3) is 0 Å². The van der Waals surface area contributed by atoms with Crippen LogP contribution in [0.3, 0.4) is 0 Å². The standard InChI is InChI=1S/C18H29N/c1-2-3-4-5-6-10-13-18(19)17-14-16(17)15-11-8-7-9-12-15/h7-9,11-12,16-18H,2-6,10,13-14,19H2,1H3. The van der Waals surface area contributed by atoms with Crippen molar-refractivity contribution in [3.05, 3.63) is 35.9 Å². The number of hydrogen-bond acceptors (Lipinski definition) is 1. The van der Waals surface area contributed by atoms with Crippen molar-refractivity contribution < 1.29 is 0 Å². The summed E-state index contributed by atoms with van der Waals surface area (Å²) in [5, 5.41) is 0. The van der Waals surface area contributed by atoms with E-state index in [0.717, 1.165) is 11.8 Å². The summed E-state index contributed by atoms with van der Waals surface area (Å²) in [5.41, 5.74) is 7.84. The molecular formula is C18H29N. The van der Waals surface area contributed by atoms with E-state index in [1.165, 1.54) is 56.9 Å². The fourth-order valence-corrected chi connectivity index (χ4v) is 3.15. The van der Waals surface area contributed by atoms with E-state index in [0.29, 0.717) is 6.04 Å². The van der Waals surface area contributed by atoms with Gasteiger partial charge in [-0.2, -0.15) is 0 Å². The van der Waals surface area contributed by atoms with E-state index in [9.17, 15) is 0 Å². The molecule has 1 aromatic carbocycles. The Morgan fingerprint density at radius 2 is 1.74 bits per heavy atom. The molecular weight excluding hydrogens is 230 g/mol. The molecule has 1 fully saturated rings. The van der Waals surface area contributed by atoms with Crippen LogP contribution in [0.4, 0.5) is 0 Å². The lowest BCUT2D eigenvalue weighted by molar-refractivity contribution is 0.493. The minimum atomic E-state index is 0.427. The van der Waals surface area contributed by atoms with Crippen LogP contribution in [-0.2, 0) is 0 Å². The average Bonchev–Trinajstić information content (AvgIpc) is 3.24. The highest BCUT2D eigenvalue weighted by molar-refractivity contribution is 5.26. The van der Waals surface area contributed by atoms with Crippen LogP contribution in [0.25, 0.3) is 0 Å². The molecule has 19 heavy (non-hydrogen) atoms. The molecule has 1 heteroatoms. The van der Waals surface area contributed by atoms with E-state index >= 15 is 0 Å². The summed E-state index contributed by atoms with van der Waals surface area (Å²) in [4.78, 5) is 0. The minimum Gasteiger partial charge on any atom is -0.327 e. The van der Waals surface area contributed by atoms with Gasteiger partial charge in [-0.3, -0.25) is 0 Å². The molecule has 1 aliphatic carbocycles. The van der Waals surface area contributed by atoms with Crippen LogP contribution in [0.5, 0.6) is 0 Å². The maximum Gasteiger partial charge on any atom is 0.00732 e. The molecule has 0 heterocycles. The van der Waals surface area contributed by atoms with Gasteiger partial charge in [-0.15, -0.1) is 0 Å². The molecule has 0 spiro atoms. The van der Waals surface area contributed by atoms with Crippen LogP contribution in [-0.4, -0.2) is 6.04 Å². The van der Waals surface area contributed by atoms with Gasteiger partial charge in [0.05, 0.1) is 0 Å². The van der Waals surface area contributed by atoms with Crippen molar-refractivity contribution >= 4 is 0 Å². The van der Waals surface area contributed by atoms with E-state index in [-0.39, 0.29) is 0 Å². The first kappa shape index (κ1) is 14.6. The molecule has 0 aliphatic heterocycles. The monoisotopic (exact) mass is 259 g/mol. The van der Waals surface area contributed by atoms with Gasteiger partial charge in [-0.1, -0.05) is 75.8 Å². The summed E-state index contributed by atoms with van der Waals surface area (Å²) in [5.74, 6) is 1.49. The molecule has 0 aromatic heterocycles. The molecule has 1 aromatic rings. The Morgan fingerprint density at radius 3 is 2.47 bits per heavy atom. The molecule has 106 valence electrons. The zero-order valence-corrected chi connectivity index (χ0v) is 12.4. The molecule has 2 N–H and O–H groups in total. The predicted molar refractivity (Wildman–Crippen MR) is 83.3 cm³/mol. The lowest BCUT2D eigenvalue weighted by Gasteiger charge is -2.11. The van der Waals surface area contributed by atoms with Crippen LogP contribution in [0.1, 0.15) is 69.8 Å². The summed E-state index contributed by atoms with van der Waals surface area (Å²) in [7, 11) is 0. The van der Waals surface area contributed by atoms with E-state index in [1.54, 1.807) is 0 Å². The van der Waals surface area contributed by atoms with E-state index < -0.39 is 0 Å². The molecule has 0 bridgehead atoms. The van der Waals surface area contributed by atoms with Crippen LogP contribution in [0.2, 0.25) is 0 Å². The Morgan fingerprint density at radius 1 is 1.05 bits per heavy atom. The quantitative estimate of drug-likeness (QED) is 0.629. The second-order valence-corrected chi connectivity index (χ2v) is 6.14. The maximum atomic E-state index is 6.35. The lowest BCUT2D eigenvalue weighted by Crippen LogP contribution is -2.23. The first-order valence-electron chi connectivity index (χ1n) is 8.13. The first-order chi connectivity index (χ1) is 9.33. The predicted octanol–water partition coefficient (Wildman–Crippen LogP) is 4.87. The Hall–Kier alpha value is -0.820. The van der Waals surface area contributed by atoms with Crippen LogP contribution >= 0.6 is 0 Å². The highest BCUT2D eigenvalue weighted by Crippen LogP contribution is 2.49. The van der Waals surface area contributed by atoms with Gasteiger partial charge in [-0.25, -0.2) is 0 Å². The molecule has 1 nitrogen and oxygen atoms in total. The second-order valence-electron chi connectivity index (χ2n) is 6.14. The fraction of sp³-hybridized carbons (Fsp3) is 0.667. The molecule has 3 unspecified atom stereocenters. The van der Waals surface area contributed by atoms with Crippen molar-refractivity contribution in [2.45, 2.75) is 70.3 Å². The molecule has 2 rings (SSSR count). The molecule has 1 saturated carbocycles. The summed E-state index contributed by atoms with van der Waals surface area (Å²) in [6.45, 7) is 2.27. The molecule has 1 aliphatic rings. The SMILES string of the molecule is CCCCCCCCC(N)C1CC1c1ccccc1. The minimum absolute atomic E-state index is 0.427. The van der Waals surface area contributed by atoms with Gasteiger partial charge in [-0.05, 0) is 30.2 Å². The Labute approximate surface area is 118 Å². The third-order valence-electron chi connectivity index (χ3n) is 4.51. The molecule has 0 radical (unpaired) electrons. The number of unbranched alkanes of at least 4 members (excludes halogenated alkanes) is 5. The summed E-state index contributed by atoms with van der Waals surface area (Å²) in [6.07, 6.45) is 10.8. The second kappa shape index (κ2) is 7.69. The number of benzene rings is 1. The number of hydrogen-bond donors (Lipinski definition) is 1. The summed E-state index contributed by atoms with van der Waals surface area (Å²) >= 11 is 0. The highest BCUT2D eigenvalue weighted by Gasteiger charge is 2.41. The normalized spacial score (nSPS) is 23.3. The van der Waals surface area contributed by atoms with Crippen molar-refractivity contribution in [2.75, 3.05) is 0 Å². The molecule has 3 atom stereocenters. The summed E-state index contributed by atoms with van der Waals surface area (Å²) < 4.78 is 0. The van der Waals surface area contributed by atoms with Gasteiger partial charge in [0.15, 0.2) is 0 Å². The van der Waals surface area contributed by atoms with Crippen molar-refractivity contribution in [3.8, 4) is 0 Å². The fourth-order valence-electron chi connectivity index (χ4n) is 3.15. The van der Waals surface area contributed by atoms with Crippen LogP contribution in [0, 0.1) is 5.92 Å². The Kier molecular flexibility index (Phi) is 5.91. The van der Waals surface area contributed by atoms with E-state index in [1.807, 2.05) is 0 Å². The van der Waals surface area contributed by atoms with Gasteiger partial charge < -0.3 is 5.73 Å². The van der Waals surface area contributed by atoms with Gasteiger partial charge in [0, 0.05) is 6.04 Å². The average molecular weight is 259 g/mol. The van der Waals surface area contributed by atoms with Gasteiger partial charge >= 0.3 is 0 Å². The highest BCUT2D eigenvalue weighted by atomic mass is 14.7. The van der Waals surface area contributed by atoms with Crippen molar-refractivity contribution in [3.63, 3.8) is 0 Å². The van der Waals surface area contributed by atoms with Crippen molar-refractivity contribution in [2.24, 2.45) is 11.7 Å². The Balaban J connectivity index is 1.59. The van der Waals surface area contributed by atoms with Gasteiger partial charge in [0.2, 0.25) is 0 Å². The van der Waals surface area contributed by atoms with E-state index in [2.05, 4.69) is 37.3 Å². The third-order valence-corrected chi connectivity index (χ3v) is 4.51. The van der Waals surface area contributed by atoms with Crippen LogP contribution < -0.4 is 5.73 Å². The maximum absolute atomic E-state index is 6.35. The summed E-state index contributed by atoms with van der Waals surface area (Å²) in [6, 6.07) is 11.3. The zero-order chi connectivity index (χ0) is 13.5. The van der Waals surface area contributed by atoms with Gasteiger partial charge in [0.1, 0.15) is 0 Å². The smallest absolute Gasteiger partial charge is 0.00732 e. The molecule has 0 saturated heterocycles. The molecule has 0 amide bonds. The van der Waals surface area contributed by atoms with Crippen LogP contribution in [0.15, 0.2) is 30.3 Å². The topological polar surface area (TPSA) is 26.0 Å². The third kappa shape index (κ3) is 4.65. The Bertz CT molecular complexity index is 346. The van der Waals surface area contributed by atoms with E-state index in [4.69, 9.17) is 5.73 Å². The number of rotatable bonds is 9. The lowest BCUT2D eigenvalue weighted by atomic mass is 10.0. The first-order valence-corrected chi connectivity index (χ1v) is 8.13. The number of nitrogens with two attached hydrogens (primary N) is 1. The van der Waals surface area contributed by atoms with Crippen molar-refractivity contribution in [1.82, 2.24) is 0 Å².